The Morgan fingerprint density at radius 2 is 1.64 bits per heavy atom. The van der Waals surface area contributed by atoms with Gasteiger partial charge in [-0.05, 0) is 25.0 Å². The lowest BCUT2D eigenvalue weighted by Gasteiger charge is -2.02. The molecule has 76 valence electrons. The van der Waals surface area contributed by atoms with E-state index in [-0.39, 0.29) is 0 Å². The molecule has 0 spiro atoms. The molecular weight excluding hydrogens is 172 g/mol. The van der Waals surface area contributed by atoms with Gasteiger partial charge in [-0.15, -0.1) is 0 Å². The van der Waals surface area contributed by atoms with Crippen molar-refractivity contribution < 1.29 is 0 Å². The molecule has 0 radical (unpaired) electrons. The summed E-state index contributed by atoms with van der Waals surface area (Å²) in [5.41, 5.74) is 3.70. The van der Waals surface area contributed by atoms with Gasteiger partial charge in [0.2, 0.25) is 0 Å². The largest absolute Gasteiger partial charge is 0.198 e. The van der Waals surface area contributed by atoms with Gasteiger partial charge in [0.25, 0.3) is 0 Å². The van der Waals surface area contributed by atoms with Crippen molar-refractivity contribution in [2.45, 2.75) is 13.8 Å². The molecular formula is C12H18N2. The van der Waals surface area contributed by atoms with Gasteiger partial charge in [-0.1, -0.05) is 36.4 Å². The summed E-state index contributed by atoms with van der Waals surface area (Å²) >= 11 is 0. The van der Waals surface area contributed by atoms with Crippen LogP contribution in [0, 0.1) is 6.92 Å². The fourth-order valence-electron chi connectivity index (χ4n) is 1.05. The van der Waals surface area contributed by atoms with Gasteiger partial charge in [0.15, 0.2) is 0 Å². The molecule has 1 aromatic carbocycles. The number of nitrogens with zero attached hydrogens (tertiary/aromatic N) is 2. The van der Waals surface area contributed by atoms with E-state index in [4.69, 9.17) is 0 Å². The van der Waals surface area contributed by atoms with E-state index < -0.39 is 0 Å². The SMILES string of the molecule is C=C(C)c1ccccc1C.CN=NC. The summed E-state index contributed by atoms with van der Waals surface area (Å²) in [6.45, 7) is 8.02. The van der Waals surface area contributed by atoms with Crippen molar-refractivity contribution in [3.05, 3.63) is 42.0 Å². The van der Waals surface area contributed by atoms with Crippen LogP contribution in [0.1, 0.15) is 18.1 Å². The highest BCUT2D eigenvalue weighted by atomic mass is 15.0. The number of hydrogen-bond donors (Lipinski definition) is 0. The third kappa shape index (κ3) is 4.55. The highest BCUT2D eigenvalue weighted by molar-refractivity contribution is 5.63. The number of benzene rings is 1. The molecule has 2 nitrogen and oxygen atoms in total. The first-order valence-electron chi connectivity index (χ1n) is 4.53. The first-order valence-corrected chi connectivity index (χ1v) is 4.53. The summed E-state index contributed by atoms with van der Waals surface area (Å²) in [5, 5.41) is 6.72. The highest BCUT2D eigenvalue weighted by Gasteiger charge is 1.94. The van der Waals surface area contributed by atoms with Crippen LogP contribution in [0.25, 0.3) is 5.57 Å². The molecule has 0 atom stereocenters. The molecule has 1 rings (SSSR count). The molecule has 0 amide bonds. The molecule has 0 saturated carbocycles. The molecule has 0 aliphatic carbocycles. The fraction of sp³-hybridized carbons (Fsp3) is 0.333. The van der Waals surface area contributed by atoms with Crippen LogP contribution in [0.2, 0.25) is 0 Å². The zero-order chi connectivity index (χ0) is 11.0. The van der Waals surface area contributed by atoms with Crippen molar-refractivity contribution >= 4 is 5.57 Å². The first kappa shape index (κ1) is 12.6. The van der Waals surface area contributed by atoms with Crippen LogP contribution in [0.5, 0.6) is 0 Å². The lowest BCUT2D eigenvalue weighted by atomic mass is 10.0. The van der Waals surface area contributed by atoms with Crippen LogP contribution < -0.4 is 0 Å². The monoisotopic (exact) mass is 190 g/mol. The summed E-state index contributed by atoms with van der Waals surface area (Å²) in [6.07, 6.45) is 0. The number of hydrogen-bond acceptors (Lipinski definition) is 2. The van der Waals surface area contributed by atoms with Crippen molar-refractivity contribution in [3.63, 3.8) is 0 Å². The summed E-state index contributed by atoms with van der Waals surface area (Å²) in [4.78, 5) is 0. The summed E-state index contributed by atoms with van der Waals surface area (Å²) in [6, 6.07) is 8.28. The van der Waals surface area contributed by atoms with E-state index in [1.54, 1.807) is 14.1 Å². The zero-order valence-corrected chi connectivity index (χ0v) is 9.41. The van der Waals surface area contributed by atoms with Crippen molar-refractivity contribution in [1.82, 2.24) is 0 Å². The second-order valence-corrected chi connectivity index (χ2v) is 3.00. The molecule has 2 heteroatoms. The minimum absolute atomic E-state index is 1.14. The average Bonchev–Trinajstić information content (AvgIpc) is 2.18. The summed E-state index contributed by atoms with van der Waals surface area (Å²) in [5.74, 6) is 0. The molecule has 1 aromatic rings. The van der Waals surface area contributed by atoms with Crippen molar-refractivity contribution in [2.75, 3.05) is 14.1 Å². The zero-order valence-electron chi connectivity index (χ0n) is 9.41. The molecule has 0 unspecified atom stereocenters. The Hall–Kier alpha value is -1.44. The van der Waals surface area contributed by atoms with Crippen LogP contribution in [0.4, 0.5) is 0 Å². The van der Waals surface area contributed by atoms with E-state index >= 15 is 0 Å². The standard InChI is InChI=1S/C10H12.C2H6N2/c1-8(2)10-7-5-4-6-9(10)3;1-3-4-2/h4-7H,1H2,2-3H3;1-2H3. The third-order valence-corrected chi connectivity index (χ3v) is 1.80. The Bertz CT molecular complexity index is 310. The van der Waals surface area contributed by atoms with Crippen molar-refractivity contribution in [1.29, 1.82) is 0 Å². The molecule has 0 N–H and O–H groups in total. The number of azo groups is 1. The predicted molar refractivity (Wildman–Crippen MR) is 62.6 cm³/mol. The van der Waals surface area contributed by atoms with Gasteiger partial charge < -0.3 is 0 Å². The molecule has 0 saturated heterocycles. The van der Waals surface area contributed by atoms with Crippen LogP contribution in [0.15, 0.2) is 41.1 Å². The quantitative estimate of drug-likeness (QED) is 0.603. The third-order valence-electron chi connectivity index (χ3n) is 1.80. The van der Waals surface area contributed by atoms with E-state index in [1.807, 2.05) is 19.1 Å². The number of allylic oxidation sites excluding steroid dienone is 1. The normalized spacial score (nSPS) is 9.43. The Morgan fingerprint density at radius 1 is 1.14 bits per heavy atom. The van der Waals surface area contributed by atoms with E-state index in [9.17, 15) is 0 Å². The molecule has 0 aromatic heterocycles. The van der Waals surface area contributed by atoms with Gasteiger partial charge in [-0.3, -0.25) is 0 Å². The highest BCUT2D eigenvalue weighted by Crippen LogP contribution is 2.14. The molecule has 0 fully saturated rings. The first-order chi connectivity index (χ1) is 6.63. The molecule has 0 aliphatic heterocycles. The van der Waals surface area contributed by atoms with Gasteiger partial charge >= 0.3 is 0 Å². The maximum Gasteiger partial charge on any atom is 0.0487 e. The van der Waals surface area contributed by atoms with Crippen molar-refractivity contribution in [2.24, 2.45) is 10.2 Å². The summed E-state index contributed by atoms with van der Waals surface area (Å²) < 4.78 is 0. The molecule has 14 heavy (non-hydrogen) atoms. The van der Waals surface area contributed by atoms with Gasteiger partial charge in [0.1, 0.15) is 0 Å². The van der Waals surface area contributed by atoms with Crippen LogP contribution in [-0.2, 0) is 0 Å². The van der Waals surface area contributed by atoms with E-state index in [0.29, 0.717) is 0 Å². The smallest absolute Gasteiger partial charge is 0.0487 e. The van der Waals surface area contributed by atoms with E-state index in [2.05, 4.69) is 35.9 Å². The Kier molecular flexibility index (Phi) is 6.29. The fourth-order valence-corrected chi connectivity index (χ4v) is 1.05. The Balaban J connectivity index is 0.000000364. The van der Waals surface area contributed by atoms with E-state index in [1.165, 1.54) is 11.1 Å². The van der Waals surface area contributed by atoms with Crippen molar-refractivity contribution in [3.8, 4) is 0 Å². The minimum Gasteiger partial charge on any atom is -0.198 e. The van der Waals surface area contributed by atoms with Crippen LogP contribution in [0.3, 0.4) is 0 Å². The maximum absolute atomic E-state index is 3.89. The van der Waals surface area contributed by atoms with Gasteiger partial charge in [-0.25, -0.2) is 0 Å². The molecule has 0 heterocycles. The van der Waals surface area contributed by atoms with E-state index in [0.717, 1.165) is 5.57 Å². The number of aryl methyl sites for hydroxylation is 1. The second-order valence-electron chi connectivity index (χ2n) is 3.00. The number of rotatable bonds is 1. The van der Waals surface area contributed by atoms with Gasteiger partial charge in [0.05, 0.1) is 0 Å². The maximum atomic E-state index is 3.89. The lowest BCUT2D eigenvalue weighted by Crippen LogP contribution is -1.81. The second kappa shape index (κ2) is 7.01. The molecule has 0 aliphatic rings. The summed E-state index contributed by atoms with van der Waals surface area (Å²) in [7, 11) is 3.28. The predicted octanol–water partition coefficient (Wildman–Crippen LogP) is 3.73. The lowest BCUT2D eigenvalue weighted by molar-refractivity contribution is 1.11. The minimum atomic E-state index is 1.14. The van der Waals surface area contributed by atoms with Crippen LogP contribution in [-0.4, -0.2) is 14.1 Å². The Morgan fingerprint density at radius 3 is 1.93 bits per heavy atom. The topological polar surface area (TPSA) is 24.7 Å². The van der Waals surface area contributed by atoms with Gasteiger partial charge in [0, 0.05) is 14.1 Å². The average molecular weight is 190 g/mol. The Labute approximate surface area is 86.4 Å². The molecule has 0 bridgehead atoms. The van der Waals surface area contributed by atoms with Crippen LogP contribution >= 0.6 is 0 Å². The van der Waals surface area contributed by atoms with Gasteiger partial charge in [-0.2, -0.15) is 10.2 Å².